The van der Waals surface area contributed by atoms with Crippen LogP contribution in [0.4, 0.5) is 0 Å². The van der Waals surface area contributed by atoms with Crippen molar-refractivity contribution >= 4 is 29.9 Å². The van der Waals surface area contributed by atoms with Crippen LogP contribution in [0.5, 0.6) is 5.75 Å². The van der Waals surface area contributed by atoms with Crippen LogP contribution in [0.25, 0.3) is 0 Å². The quantitative estimate of drug-likeness (QED) is 0.167. The van der Waals surface area contributed by atoms with Crippen molar-refractivity contribution in [3.63, 3.8) is 0 Å². The third-order valence-corrected chi connectivity index (χ3v) is 4.29. The van der Waals surface area contributed by atoms with Crippen LogP contribution < -0.4 is 15.4 Å². The standard InChI is InChI=1S/C22H39N3O3.HI/c1-18(2)10-13-28-21-16-19(3)8-9-20(21)17-25-22(23-4)24-11-6-7-12-27-15-14-26-5;/h8-9,16,18H,6-7,10-15,17H2,1-5H3,(H2,23,24,25);1H. The Kier molecular flexibility index (Phi) is 17.1. The van der Waals surface area contributed by atoms with Crippen molar-refractivity contribution < 1.29 is 14.2 Å². The molecule has 1 rings (SSSR count). The van der Waals surface area contributed by atoms with Gasteiger partial charge in [-0.05, 0) is 43.7 Å². The smallest absolute Gasteiger partial charge is 0.191 e. The molecule has 0 radical (unpaired) electrons. The molecule has 0 aliphatic rings. The fourth-order valence-corrected chi connectivity index (χ4v) is 2.53. The fraction of sp³-hybridized carbons (Fsp3) is 0.682. The molecule has 1 aromatic carbocycles. The molecule has 0 atom stereocenters. The summed E-state index contributed by atoms with van der Waals surface area (Å²) in [7, 11) is 3.47. The van der Waals surface area contributed by atoms with Gasteiger partial charge in [0.15, 0.2) is 5.96 Å². The average Bonchev–Trinajstić information content (AvgIpc) is 2.67. The van der Waals surface area contributed by atoms with E-state index in [4.69, 9.17) is 14.2 Å². The highest BCUT2D eigenvalue weighted by Gasteiger charge is 2.06. The molecule has 0 unspecified atom stereocenters. The summed E-state index contributed by atoms with van der Waals surface area (Å²) >= 11 is 0. The first kappa shape index (κ1) is 27.9. The van der Waals surface area contributed by atoms with Crippen molar-refractivity contribution in [3.8, 4) is 5.75 Å². The van der Waals surface area contributed by atoms with E-state index in [1.807, 2.05) is 0 Å². The molecule has 29 heavy (non-hydrogen) atoms. The molecular weight excluding hydrogens is 481 g/mol. The third kappa shape index (κ3) is 13.7. The number of unbranched alkanes of at least 4 members (excludes halogenated alkanes) is 1. The molecule has 0 amide bonds. The van der Waals surface area contributed by atoms with Gasteiger partial charge in [-0.2, -0.15) is 0 Å². The number of aryl methyl sites for hydroxylation is 1. The van der Waals surface area contributed by atoms with Crippen LogP contribution >= 0.6 is 24.0 Å². The van der Waals surface area contributed by atoms with Crippen LogP contribution in [0, 0.1) is 12.8 Å². The van der Waals surface area contributed by atoms with Gasteiger partial charge in [-0.15, -0.1) is 24.0 Å². The average molecular weight is 521 g/mol. The Morgan fingerprint density at radius 3 is 2.55 bits per heavy atom. The van der Waals surface area contributed by atoms with Crippen molar-refractivity contribution in [1.82, 2.24) is 10.6 Å². The number of methoxy groups -OCH3 is 1. The molecule has 7 heteroatoms. The van der Waals surface area contributed by atoms with Crippen LogP contribution in [-0.2, 0) is 16.0 Å². The Morgan fingerprint density at radius 2 is 1.86 bits per heavy atom. The Hall–Kier alpha value is -1.06. The van der Waals surface area contributed by atoms with Crippen LogP contribution in [0.3, 0.4) is 0 Å². The Morgan fingerprint density at radius 1 is 1.07 bits per heavy atom. The minimum Gasteiger partial charge on any atom is -0.493 e. The lowest BCUT2D eigenvalue weighted by molar-refractivity contribution is 0.0689. The lowest BCUT2D eigenvalue weighted by atomic mass is 10.1. The zero-order valence-corrected chi connectivity index (χ0v) is 21.1. The van der Waals surface area contributed by atoms with E-state index in [0.717, 1.165) is 56.3 Å². The maximum atomic E-state index is 6.03. The summed E-state index contributed by atoms with van der Waals surface area (Å²) in [6.07, 6.45) is 3.10. The summed E-state index contributed by atoms with van der Waals surface area (Å²) in [6, 6.07) is 6.35. The van der Waals surface area contributed by atoms with Gasteiger partial charge in [0.25, 0.3) is 0 Å². The molecule has 0 fully saturated rings. The molecular formula is C22H40IN3O3. The molecule has 0 aliphatic carbocycles. The molecule has 6 nitrogen and oxygen atoms in total. The van der Waals surface area contributed by atoms with Crippen LogP contribution in [-0.4, -0.2) is 53.1 Å². The monoisotopic (exact) mass is 521 g/mol. The first-order chi connectivity index (χ1) is 13.6. The second-order valence-electron chi connectivity index (χ2n) is 7.31. The molecule has 2 N–H and O–H groups in total. The van der Waals surface area contributed by atoms with E-state index in [9.17, 15) is 0 Å². The number of ether oxygens (including phenoxy) is 3. The van der Waals surface area contributed by atoms with Gasteiger partial charge in [-0.3, -0.25) is 4.99 Å². The first-order valence-electron chi connectivity index (χ1n) is 10.3. The minimum atomic E-state index is 0. The molecule has 0 heterocycles. The summed E-state index contributed by atoms with van der Waals surface area (Å²) in [4.78, 5) is 4.30. The zero-order valence-electron chi connectivity index (χ0n) is 18.8. The number of hydrogen-bond acceptors (Lipinski definition) is 4. The Labute approximate surface area is 194 Å². The molecule has 1 aromatic rings. The second kappa shape index (κ2) is 17.8. The van der Waals surface area contributed by atoms with Crippen molar-refractivity contribution in [3.05, 3.63) is 29.3 Å². The van der Waals surface area contributed by atoms with Gasteiger partial charge in [-0.1, -0.05) is 26.0 Å². The van der Waals surface area contributed by atoms with Gasteiger partial charge in [0.1, 0.15) is 5.75 Å². The molecule has 0 bridgehead atoms. The summed E-state index contributed by atoms with van der Waals surface area (Å²) in [5, 5.41) is 6.72. The number of halogens is 1. The first-order valence-corrected chi connectivity index (χ1v) is 10.3. The van der Waals surface area contributed by atoms with E-state index in [0.29, 0.717) is 25.7 Å². The molecule has 0 spiro atoms. The van der Waals surface area contributed by atoms with Crippen molar-refractivity contribution in [2.45, 2.75) is 46.6 Å². The Balaban J connectivity index is 0.00000784. The molecule has 0 aliphatic heterocycles. The lowest BCUT2D eigenvalue weighted by Crippen LogP contribution is -2.37. The van der Waals surface area contributed by atoms with Crippen LogP contribution in [0.1, 0.15) is 44.2 Å². The molecule has 0 saturated heterocycles. The predicted molar refractivity (Wildman–Crippen MR) is 132 cm³/mol. The van der Waals surface area contributed by atoms with Gasteiger partial charge in [0, 0.05) is 39.4 Å². The number of rotatable bonds is 14. The number of aliphatic imine (C=N–C) groups is 1. The number of guanidine groups is 1. The lowest BCUT2D eigenvalue weighted by Gasteiger charge is -2.16. The number of nitrogens with zero attached hydrogens (tertiary/aromatic N) is 1. The fourth-order valence-electron chi connectivity index (χ4n) is 2.53. The SMILES string of the molecule is CN=C(NCCCCOCCOC)NCc1ccc(C)cc1OCCC(C)C.I. The normalized spacial score (nSPS) is 11.3. The van der Waals surface area contributed by atoms with E-state index in [2.05, 4.69) is 54.6 Å². The highest BCUT2D eigenvalue weighted by Crippen LogP contribution is 2.21. The molecule has 168 valence electrons. The van der Waals surface area contributed by atoms with Crippen LogP contribution in [0.15, 0.2) is 23.2 Å². The van der Waals surface area contributed by atoms with E-state index in [1.54, 1.807) is 14.2 Å². The Bertz CT molecular complexity index is 568. The van der Waals surface area contributed by atoms with Crippen molar-refractivity contribution in [1.29, 1.82) is 0 Å². The van der Waals surface area contributed by atoms with E-state index in [-0.39, 0.29) is 24.0 Å². The highest BCUT2D eigenvalue weighted by molar-refractivity contribution is 14.0. The number of nitrogens with one attached hydrogen (secondary N) is 2. The van der Waals surface area contributed by atoms with E-state index < -0.39 is 0 Å². The van der Waals surface area contributed by atoms with Crippen molar-refractivity contribution in [2.24, 2.45) is 10.9 Å². The molecule has 0 aromatic heterocycles. The summed E-state index contributed by atoms with van der Waals surface area (Å²) in [6.45, 7) is 10.9. The maximum absolute atomic E-state index is 6.03. The third-order valence-electron chi connectivity index (χ3n) is 4.29. The summed E-state index contributed by atoms with van der Waals surface area (Å²) in [5.74, 6) is 2.39. The maximum Gasteiger partial charge on any atom is 0.191 e. The van der Waals surface area contributed by atoms with Gasteiger partial charge < -0.3 is 24.8 Å². The predicted octanol–water partition coefficient (Wildman–Crippen LogP) is 4.15. The highest BCUT2D eigenvalue weighted by atomic mass is 127. The van der Waals surface area contributed by atoms with Gasteiger partial charge in [-0.25, -0.2) is 0 Å². The van der Waals surface area contributed by atoms with Crippen LogP contribution in [0.2, 0.25) is 0 Å². The summed E-state index contributed by atoms with van der Waals surface area (Å²) in [5.41, 5.74) is 2.35. The largest absolute Gasteiger partial charge is 0.493 e. The van der Waals surface area contributed by atoms with Gasteiger partial charge in [0.05, 0.1) is 19.8 Å². The van der Waals surface area contributed by atoms with Gasteiger partial charge >= 0.3 is 0 Å². The molecule has 0 saturated carbocycles. The van der Waals surface area contributed by atoms with Gasteiger partial charge in [0.2, 0.25) is 0 Å². The number of benzene rings is 1. The second-order valence-corrected chi connectivity index (χ2v) is 7.31. The van der Waals surface area contributed by atoms with E-state index in [1.165, 1.54) is 5.56 Å². The topological polar surface area (TPSA) is 64.1 Å². The zero-order chi connectivity index (χ0) is 20.6. The van der Waals surface area contributed by atoms with E-state index >= 15 is 0 Å². The van der Waals surface area contributed by atoms with Crippen molar-refractivity contribution in [2.75, 3.05) is 47.1 Å². The minimum absolute atomic E-state index is 0. The number of hydrogen-bond donors (Lipinski definition) is 2. The summed E-state index contributed by atoms with van der Waals surface area (Å²) < 4.78 is 16.5.